The molecule has 0 atom stereocenters. The van der Waals surface area contributed by atoms with Crippen molar-refractivity contribution in [3.63, 3.8) is 0 Å². The molecule has 9 heteroatoms. The van der Waals surface area contributed by atoms with Crippen molar-refractivity contribution >= 4 is 45.3 Å². The van der Waals surface area contributed by atoms with Gasteiger partial charge in [0.2, 0.25) is 10.0 Å². The third kappa shape index (κ3) is 3.82. The van der Waals surface area contributed by atoms with Crippen LogP contribution in [0.15, 0.2) is 35.1 Å². The quantitative estimate of drug-likeness (QED) is 0.765. The van der Waals surface area contributed by atoms with E-state index in [-0.39, 0.29) is 35.1 Å². The average molecular weight is 334 g/mol. The molecule has 0 radical (unpaired) electrons. The minimum absolute atomic E-state index is 0. The molecule has 0 saturated carbocycles. The number of aromatic nitrogens is 2. The van der Waals surface area contributed by atoms with E-state index in [9.17, 15) is 13.2 Å². The van der Waals surface area contributed by atoms with Gasteiger partial charge in [0.25, 0.3) is 5.56 Å². The second kappa shape index (κ2) is 7.01. The van der Waals surface area contributed by atoms with Crippen molar-refractivity contribution in [3.8, 4) is 5.69 Å². The van der Waals surface area contributed by atoms with Crippen molar-refractivity contribution < 1.29 is 8.42 Å². The molecule has 22 heavy (non-hydrogen) atoms. The van der Waals surface area contributed by atoms with E-state index < -0.39 is 15.9 Å². The average Bonchev–Trinajstić information content (AvgIpc) is 2.59. The summed E-state index contributed by atoms with van der Waals surface area (Å²) < 4.78 is 25.6. The number of anilines is 1. The molecule has 2 N–H and O–H groups in total. The van der Waals surface area contributed by atoms with Crippen LogP contribution in [0.3, 0.4) is 0 Å². The normalized spacial score (nSPS) is 11.1. The first-order valence-corrected chi connectivity index (χ1v) is 7.99. The van der Waals surface area contributed by atoms with Gasteiger partial charge >= 0.3 is 29.6 Å². The van der Waals surface area contributed by atoms with E-state index in [1.54, 1.807) is 18.7 Å². The number of para-hydroxylation sites is 1. The van der Waals surface area contributed by atoms with Crippen molar-refractivity contribution in [1.29, 1.82) is 0 Å². The number of nitrogens with two attached hydrogens (primary N) is 1. The maximum absolute atomic E-state index is 12.6. The predicted octanol–water partition coefficient (Wildman–Crippen LogP) is -0.482. The molecule has 0 amide bonds. The molecule has 0 bridgehead atoms. The van der Waals surface area contributed by atoms with Gasteiger partial charge in [-0.3, -0.25) is 9.48 Å². The van der Waals surface area contributed by atoms with Gasteiger partial charge in [-0.1, -0.05) is 18.2 Å². The Hall–Kier alpha value is -1.06. The van der Waals surface area contributed by atoms with Crippen LogP contribution in [0.1, 0.15) is 5.69 Å². The summed E-state index contributed by atoms with van der Waals surface area (Å²) in [5, 5.41) is 5.04. The number of primary sulfonamides is 1. The first kappa shape index (κ1) is 19.0. The molecule has 1 aromatic carbocycles. The van der Waals surface area contributed by atoms with E-state index in [1.807, 2.05) is 30.3 Å². The summed E-state index contributed by atoms with van der Waals surface area (Å²) in [7, 11) is -0.425. The van der Waals surface area contributed by atoms with Crippen LogP contribution in [0.4, 0.5) is 5.69 Å². The number of rotatable bonds is 4. The molecule has 1 heterocycles. The van der Waals surface area contributed by atoms with Gasteiger partial charge in [0.1, 0.15) is 11.6 Å². The molecular weight excluding hydrogens is 315 g/mol. The number of benzene rings is 1. The molecule has 0 aliphatic carbocycles. The number of hydrogen-bond acceptors (Lipinski definition) is 4. The van der Waals surface area contributed by atoms with Crippen LogP contribution in [-0.2, 0) is 17.1 Å². The number of nitrogens with zero attached hydrogens (tertiary/aromatic N) is 3. The van der Waals surface area contributed by atoms with Crippen molar-refractivity contribution in [2.45, 2.75) is 6.92 Å². The molecule has 0 aliphatic rings. The van der Waals surface area contributed by atoms with E-state index in [2.05, 4.69) is 0 Å². The SMILES string of the molecule is Cc1c(N(C)CS(N)(=O)=O)c(=O)n(-c2ccccc2)n1C.[NaH]. The summed E-state index contributed by atoms with van der Waals surface area (Å²) in [6, 6.07) is 9.14. The van der Waals surface area contributed by atoms with Crippen LogP contribution in [0.25, 0.3) is 5.69 Å². The Bertz CT molecular complexity index is 812. The van der Waals surface area contributed by atoms with Crippen molar-refractivity contribution in [2.75, 3.05) is 17.8 Å². The van der Waals surface area contributed by atoms with Crippen LogP contribution >= 0.6 is 0 Å². The number of hydrogen-bond donors (Lipinski definition) is 1. The van der Waals surface area contributed by atoms with Gasteiger partial charge < -0.3 is 4.90 Å². The minimum atomic E-state index is -3.70. The zero-order valence-corrected chi connectivity index (χ0v) is 13.0. The molecule has 1 aromatic heterocycles. The van der Waals surface area contributed by atoms with Crippen molar-refractivity contribution in [2.24, 2.45) is 12.2 Å². The van der Waals surface area contributed by atoms with Gasteiger partial charge in [-0.15, -0.1) is 0 Å². The van der Waals surface area contributed by atoms with Gasteiger partial charge in [0.15, 0.2) is 0 Å². The molecular formula is C13H19N4NaO3S. The van der Waals surface area contributed by atoms with Crippen LogP contribution < -0.4 is 15.6 Å². The Morgan fingerprint density at radius 3 is 2.27 bits per heavy atom. The summed E-state index contributed by atoms with van der Waals surface area (Å²) in [6.07, 6.45) is 0. The summed E-state index contributed by atoms with van der Waals surface area (Å²) >= 11 is 0. The van der Waals surface area contributed by atoms with Crippen LogP contribution in [-0.4, -0.2) is 60.3 Å². The Balaban J connectivity index is 0.00000242. The fourth-order valence-electron chi connectivity index (χ4n) is 2.33. The summed E-state index contributed by atoms with van der Waals surface area (Å²) in [5.74, 6) is -0.415. The third-order valence-electron chi connectivity index (χ3n) is 3.28. The topological polar surface area (TPSA) is 90.3 Å². The van der Waals surface area contributed by atoms with Crippen LogP contribution in [0.2, 0.25) is 0 Å². The Morgan fingerprint density at radius 2 is 1.77 bits per heavy atom. The second-order valence-corrected chi connectivity index (χ2v) is 6.48. The Morgan fingerprint density at radius 1 is 1.23 bits per heavy atom. The van der Waals surface area contributed by atoms with Gasteiger partial charge in [0, 0.05) is 14.1 Å². The molecule has 0 fully saturated rings. The molecule has 2 aromatic rings. The number of sulfonamides is 1. The zero-order valence-electron chi connectivity index (χ0n) is 12.1. The Labute approximate surface area is 151 Å². The summed E-state index contributed by atoms with van der Waals surface area (Å²) in [5.41, 5.74) is 1.40. The first-order valence-electron chi connectivity index (χ1n) is 6.28. The molecule has 2 rings (SSSR count). The van der Waals surface area contributed by atoms with E-state index >= 15 is 0 Å². The molecule has 0 saturated heterocycles. The predicted molar refractivity (Wildman–Crippen MR) is 89.3 cm³/mol. The first-order chi connectivity index (χ1) is 9.72. The molecule has 0 unspecified atom stereocenters. The van der Waals surface area contributed by atoms with E-state index in [0.29, 0.717) is 17.1 Å². The molecule has 116 valence electrons. The summed E-state index contributed by atoms with van der Waals surface area (Å²) in [4.78, 5) is 14.0. The molecule has 7 nitrogen and oxygen atoms in total. The Kier molecular flexibility index (Phi) is 6.05. The van der Waals surface area contributed by atoms with Gasteiger partial charge in [-0.25, -0.2) is 18.2 Å². The van der Waals surface area contributed by atoms with E-state index in [4.69, 9.17) is 5.14 Å². The zero-order chi connectivity index (χ0) is 15.8. The van der Waals surface area contributed by atoms with Gasteiger partial charge in [-0.2, -0.15) is 0 Å². The maximum atomic E-state index is 12.6. The van der Waals surface area contributed by atoms with Crippen molar-refractivity contribution in [1.82, 2.24) is 9.36 Å². The second-order valence-electron chi connectivity index (χ2n) is 4.90. The molecule has 0 aliphatic heterocycles. The van der Waals surface area contributed by atoms with E-state index in [0.717, 1.165) is 0 Å². The van der Waals surface area contributed by atoms with E-state index in [1.165, 1.54) is 16.6 Å². The standard InChI is InChI=1S/C13H18N4O3S.Na.H/c1-10-12(15(2)9-21(14,19)20)13(18)17(16(10)3)11-7-5-4-6-8-11;;/h4-8H,9H2,1-3H3,(H2,14,19,20);;. The monoisotopic (exact) mass is 334 g/mol. The van der Waals surface area contributed by atoms with Gasteiger partial charge in [0.05, 0.1) is 11.4 Å². The molecule has 0 spiro atoms. The van der Waals surface area contributed by atoms with Crippen molar-refractivity contribution in [3.05, 3.63) is 46.4 Å². The van der Waals surface area contributed by atoms with Gasteiger partial charge in [-0.05, 0) is 19.1 Å². The van der Waals surface area contributed by atoms with Crippen LogP contribution in [0, 0.1) is 6.92 Å². The van der Waals surface area contributed by atoms with Crippen LogP contribution in [0.5, 0.6) is 0 Å². The fraction of sp³-hybridized carbons (Fsp3) is 0.308. The summed E-state index contributed by atoms with van der Waals surface area (Å²) in [6.45, 7) is 1.76. The third-order valence-corrected chi connectivity index (χ3v) is 4.03. The fourth-order valence-corrected chi connectivity index (χ4v) is 3.00.